The molecule has 0 bridgehead atoms. The monoisotopic (exact) mass is 386 g/mol. The van der Waals surface area contributed by atoms with Crippen molar-refractivity contribution in [2.75, 3.05) is 0 Å². The highest BCUT2D eigenvalue weighted by Crippen LogP contribution is 2.37. The Balaban J connectivity index is 1.50. The maximum atomic E-state index is 3.63. The molecule has 2 rings (SSSR count). The molecule has 0 saturated heterocycles. The molecule has 0 amide bonds. The lowest BCUT2D eigenvalue weighted by molar-refractivity contribution is 0.557. The molecule has 2 heterocycles. The summed E-state index contributed by atoms with van der Waals surface area (Å²) < 4.78 is 4.18. The number of unbranched alkanes of at least 4 members (excludes halogenated alkanes) is 9. The van der Waals surface area contributed by atoms with Gasteiger partial charge in [-0.3, -0.25) is 0 Å². The Morgan fingerprint density at radius 3 is 2.14 bits per heavy atom. The molecule has 0 aromatic carbocycles. The topological polar surface area (TPSA) is 0 Å². The van der Waals surface area contributed by atoms with E-state index in [-0.39, 0.29) is 0 Å². The molecule has 0 saturated carbocycles. The van der Waals surface area contributed by atoms with Crippen molar-refractivity contribution in [1.29, 1.82) is 0 Å². The number of hydrogen-bond donors (Lipinski definition) is 0. The highest BCUT2D eigenvalue weighted by Gasteiger charge is 2.06. The summed E-state index contributed by atoms with van der Waals surface area (Å²) in [5.74, 6) is 0. The second-order valence-electron chi connectivity index (χ2n) is 5.92. The molecule has 0 fully saturated rings. The number of rotatable bonds is 11. The van der Waals surface area contributed by atoms with Crippen molar-refractivity contribution in [3.63, 3.8) is 0 Å². The van der Waals surface area contributed by atoms with Crippen LogP contribution in [-0.4, -0.2) is 0 Å². The van der Waals surface area contributed by atoms with E-state index in [9.17, 15) is 0 Å². The van der Waals surface area contributed by atoms with Crippen LogP contribution in [0.4, 0.5) is 0 Å². The van der Waals surface area contributed by atoms with Crippen LogP contribution in [0.15, 0.2) is 15.9 Å². The fourth-order valence-corrected chi connectivity index (χ4v) is 5.82. The van der Waals surface area contributed by atoms with Gasteiger partial charge in [-0.05, 0) is 34.8 Å². The van der Waals surface area contributed by atoms with E-state index in [1.54, 1.807) is 4.88 Å². The first-order valence-corrected chi connectivity index (χ1v) is 11.0. The Labute approximate surface area is 146 Å². The normalized spacial score (nSPS) is 11.5. The Bertz CT molecular complexity index is 512. The summed E-state index contributed by atoms with van der Waals surface area (Å²) in [5.41, 5.74) is 0. The van der Waals surface area contributed by atoms with Crippen molar-refractivity contribution < 1.29 is 0 Å². The molecule has 0 aliphatic heterocycles. The highest BCUT2D eigenvalue weighted by molar-refractivity contribution is 9.10. The first-order valence-electron chi connectivity index (χ1n) is 8.46. The Hall–Kier alpha value is 0.140. The van der Waals surface area contributed by atoms with Crippen molar-refractivity contribution in [2.24, 2.45) is 0 Å². The van der Waals surface area contributed by atoms with Crippen LogP contribution in [0.5, 0.6) is 0 Å². The van der Waals surface area contributed by atoms with Crippen molar-refractivity contribution in [2.45, 2.75) is 77.6 Å². The molecule has 118 valence electrons. The molecule has 21 heavy (non-hydrogen) atoms. The van der Waals surface area contributed by atoms with Gasteiger partial charge in [0.1, 0.15) is 0 Å². The second-order valence-corrected chi connectivity index (χ2v) is 8.82. The third kappa shape index (κ3) is 6.03. The summed E-state index contributed by atoms with van der Waals surface area (Å²) in [6.45, 7) is 2.29. The lowest BCUT2D eigenvalue weighted by Crippen LogP contribution is -1.84. The van der Waals surface area contributed by atoms with Crippen LogP contribution in [-0.2, 0) is 6.42 Å². The van der Waals surface area contributed by atoms with Crippen LogP contribution >= 0.6 is 38.6 Å². The van der Waals surface area contributed by atoms with Gasteiger partial charge in [0, 0.05) is 19.4 Å². The summed E-state index contributed by atoms with van der Waals surface area (Å²) in [6.07, 6.45) is 15.5. The average Bonchev–Trinajstić information content (AvgIpc) is 3.03. The molecule has 0 spiro atoms. The Morgan fingerprint density at radius 1 is 0.905 bits per heavy atom. The third-order valence-electron chi connectivity index (χ3n) is 4.03. The molecule has 0 radical (unpaired) electrons. The zero-order chi connectivity index (χ0) is 14.9. The van der Waals surface area contributed by atoms with Gasteiger partial charge >= 0.3 is 0 Å². The van der Waals surface area contributed by atoms with Gasteiger partial charge in [0.15, 0.2) is 0 Å². The fourth-order valence-electron chi connectivity index (χ4n) is 2.76. The van der Waals surface area contributed by atoms with Crippen LogP contribution < -0.4 is 0 Å². The minimum Gasteiger partial charge on any atom is -0.142 e. The van der Waals surface area contributed by atoms with Gasteiger partial charge in [-0.25, -0.2) is 0 Å². The summed E-state index contributed by atoms with van der Waals surface area (Å²) in [5, 5.41) is 2.20. The number of thiophene rings is 2. The molecular weight excluding hydrogens is 360 g/mol. The maximum absolute atomic E-state index is 3.63. The van der Waals surface area contributed by atoms with Crippen LogP contribution in [0.25, 0.3) is 9.40 Å². The largest absolute Gasteiger partial charge is 0.142 e. The average molecular weight is 387 g/mol. The molecular formula is C18H27BrS2. The van der Waals surface area contributed by atoms with Gasteiger partial charge < -0.3 is 0 Å². The van der Waals surface area contributed by atoms with Crippen LogP contribution in [0.1, 0.15) is 76.0 Å². The second kappa shape index (κ2) is 10.0. The van der Waals surface area contributed by atoms with Crippen molar-refractivity contribution in [1.82, 2.24) is 0 Å². The van der Waals surface area contributed by atoms with Gasteiger partial charge in [-0.1, -0.05) is 64.7 Å². The summed E-state index contributed by atoms with van der Waals surface area (Å²) in [4.78, 5) is 1.57. The molecule has 2 aromatic rings. The standard InChI is InChI=1S/C18H27BrS2/c1-2-3-4-5-6-7-8-9-10-11-12-15-13-17-18(21-15)16(19)14-20-17/h13-14H,2-12H2,1H3. The van der Waals surface area contributed by atoms with E-state index in [0.29, 0.717) is 0 Å². The predicted octanol–water partition coefficient (Wildman–Crippen LogP) is 8.19. The van der Waals surface area contributed by atoms with Gasteiger partial charge in [0.25, 0.3) is 0 Å². The molecule has 0 N–H and O–H groups in total. The van der Waals surface area contributed by atoms with Crippen LogP contribution in [0, 0.1) is 0 Å². The van der Waals surface area contributed by atoms with Crippen molar-refractivity contribution >= 4 is 48.0 Å². The highest BCUT2D eigenvalue weighted by atomic mass is 79.9. The number of halogens is 1. The van der Waals surface area contributed by atoms with E-state index >= 15 is 0 Å². The first-order chi connectivity index (χ1) is 10.3. The van der Waals surface area contributed by atoms with E-state index in [2.05, 4.69) is 34.3 Å². The van der Waals surface area contributed by atoms with Crippen LogP contribution in [0.2, 0.25) is 0 Å². The summed E-state index contributed by atoms with van der Waals surface area (Å²) in [7, 11) is 0. The first kappa shape index (κ1) is 17.5. The van der Waals surface area contributed by atoms with Gasteiger partial charge in [-0.15, -0.1) is 22.7 Å². The van der Waals surface area contributed by atoms with E-state index in [1.807, 2.05) is 22.7 Å². The van der Waals surface area contributed by atoms with E-state index in [1.165, 1.54) is 84.5 Å². The Kier molecular flexibility index (Phi) is 8.34. The van der Waals surface area contributed by atoms with Crippen molar-refractivity contribution in [3.05, 3.63) is 20.8 Å². The molecule has 0 unspecified atom stereocenters. The lowest BCUT2D eigenvalue weighted by Gasteiger charge is -2.01. The Morgan fingerprint density at radius 2 is 1.52 bits per heavy atom. The molecule has 3 heteroatoms. The SMILES string of the molecule is CCCCCCCCCCCCc1cc2scc(Br)c2s1. The molecule has 0 aliphatic carbocycles. The van der Waals surface area contributed by atoms with E-state index in [4.69, 9.17) is 0 Å². The third-order valence-corrected chi connectivity index (χ3v) is 7.51. The molecule has 2 aromatic heterocycles. The lowest BCUT2D eigenvalue weighted by atomic mass is 10.1. The van der Waals surface area contributed by atoms with Gasteiger partial charge in [-0.2, -0.15) is 0 Å². The summed E-state index contributed by atoms with van der Waals surface area (Å²) >= 11 is 7.46. The minimum absolute atomic E-state index is 1.27. The molecule has 0 atom stereocenters. The fraction of sp³-hybridized carbons (Fsp3) is 0.667. The molecule has 0 nitrogen and oxygen atoms in total. The number of fused-ring (bicyclic) bond motifs is 1. The zero-order valence-corrected chi connectivity index (χ0v) is 16.3. The van der Waals surface area contributed by atoms with E-state index in [0.717, 1.165) is 0 Å². The maximum Gasteiger partial charge on any atom is 0.0595 e. The quantitative estimate of drug-likeness (QED) is 0.341. The minimum atomic E-state index is 1.27. The van der Waals surface area contributed by atoms with E-state index < -0.39 is 0 Å². The van der Waals surface area contributed by atoms with Gasteiger partial charge in [0.2, 0.25) is 0 Å². The molecule has 0 aliphatic rings. The van der Waals surface area contributed by atoms with Crippen LogP contribution in [0.3, 0.4) is 0 Å². The zero-order valence-electron chi connectivity index (χ0n) is 13.1. The number of aryl methyl sites for hydroxylation is 1. The van der Waals surface area contributed by atoms with Gasteiger partial charge in [0.05, 0.1) is 4.70 Å². The smallest absolute Gasteiger partial charge is 0.0595 e. The predicted molar refractivity (Wildman–Crippen MR) is 103 cm³/mol. The summed E-state index contributed by atoms with van der Waals surface area (Å²) in [6, 6.07) is 2.39. The van der Waals surface area contributed by atoms with Crippen molar-refractivity contribution in [3.8, 4) is 0 Å². The number of hydrogen-bond acceptors (Lipinski definition) is 2.